The smallest absolute Gasteiger partial charge is 0.186 e. The van der Waals surface area contributed by atoms with Gasteiger partial charge in [0.25, 0.3) is 0 Å². The summed E-state index contributed by atoms with van der Waals surface area (Å²) in [5.41, 5.74) is 7.58. The van der Waals surface area contributed by atoms with E-state index in [2.05, 4.69) is 9.97 Å². The highest BCUT2D eigenvalue weighted by molar-refractivity contribution is 7.13. The molecule has 0 aliphatic heterocycles. The third-order valence-corrected chi connectivity index (χ3v) is 6.72. The van der Waals surface area contributed by atoms with Crippen molar-refractivity contribution in [1.82, 2.24) is 9.97 Å². The maximum Gasteiger partial charge on any atom is 0.186 e. The lowest BCUT2D eigenvalue weighted by molar-refractivity contribution is 0.0987. The van der Waals surface area contributed by atoms with Crippen molar-refractivity contribution < 1.29 is 18.0 Å². The number of hydrogen-bond acceptors (Lipinski definition) is 5. The fraction of sp³-hybridized carbons (Fsp3) is 0.348. The first-order valence-electron chi connectivity index (χ1n) is 10.1. The number of alkyl halides is 1. The minimum absolute atomic E-state index is 0.0429. The molecule has 2 heterocycles. The Morgan fingerprint density at radius 1 is 1.23 bits per heavy atom. The fourth-order valence-corrected chi connectivity index (χ4v) is 5.15. The highest BCUT2D eigenvalue weighted by atomic mass is 32.1. The van der Waals surface area contributed by atoms with Gasteiger partial charge in [-0.15, -0.1) is 11.3 Å². The standard InChI is InChI=1S/C23H22F3N3OS/c1-12-7-13(8-18(27)22(12)26)15-5-6-28-10-14(15)9-20(30)19-11-31-23(29-19)21-16(24)3-2-4-17(21)25/h2-6,10-13,18,22H,7-9,27H2,1H3/t12-,13?,18+,22-/m1/s1. The zero-order chi connectivity index (χ0) is 22.1. The number of thiazole rings is 1. The molecule has 8 heteroatoms. The Labute approximate surface area is 182 Å². The number of hydrogen-bond donors (Lipinski definition) is 1. The lowest BCUT2D eigenvalue weighted by Gasteiger charge is -2.35. The highest BCUT2D eigenvalue weighted by Crippen LogP contribution is 2.38. The second-order valence-corrected chi connectivity index (χ2v) is 8.92. The first-order chi connectivity index (χ1) is 14.8. The van der Waals surface area contributed by atoms with Crippen LogP contribution in [-0.2, 0) is 6.42 Å². The van der Waals surface area contributed by atoms with Gasteiger partial charge in [-0.2, -0.15) is 0 Å². The van der Waals surface area contributed by atoms with Gasteiger partial charge in [-0.25, -0.2) is 18.2 Å². The van der Waals surface area contributed by atoms with Crippen molar-refractivity contribution in [3.63, 3.8) is 0 Å². The van der Waals surface area contributed by atoms with Crippen LogP contribution in [0.4, 0.5) is 13.2 Å². The van der Waals surface area contributed by atoms with Crippen LogP contribution in [0.1, 0.15) is 47.3 Å². The van der Waals surface area contributed by atoms with E-state index in [0.29, 0.717) is 12.8 Å². The van der Waals surface area contributed by atoms with E-state index in [-0.39, 0.29) is 40.3 Å². The van der Waals surface area contributed by atoms with Gasteiger partial charge in [-0.1, -0.05) is 13.0 Å². The van der Waals surface area contributed by atoms with E-state index in [1.807, 2.05) is 13.0 Å². The third-order valence-electron chi connectivity index (χ3n) is 5.86. The molecule has 4 atom stereocenters. The zero-order valence-electron chi connectivity index (χ0n) is 16.9. The van der Waals surface area contributed by atoms with E-state index in [9.17, 15) is 18.0 Å². The Bertz CT molecular complexity index is 1070. The third kappa shape index (κ3) is 4.41. The van der Waals surface area contributed by atoms with Crippen molar-refractivity contribution in [2.45, 2.75) is 44.3 Å². The predicted octanol–water partition coefficient (Wildman–Crippen LogP) is 5.09. The second-order valence-electron chi connectivity index (χ2n) is 8.06. The largest absolute Gasteiger partial charge is 0.325 e. The van der Waals surface area contributed by atoms with Crippen LogP contribution in [0.2, 0.25) is 0 Å². The average Bonchev–Trinajstić information content (AvgIpc) is 3.22. The molecular weight excluding hydrogens is 423 g/mol. The van der Waals surface area contributed by atoms with Crippen molar-refractivity contribution in [2.24, 2.45) is 11.7 Å². The molecule has 1 fully saturated rings. The molecule has 2 N–H and O–H groups in total. The van der Waals surface area contributed by atoms with Crippen LogP contribution in [0.15, 0.2) is 42.0 Å². The van der Waals surface area contributed by atoms with Gasteiger partial charge in [0.05, 0.1) is 5.56 Å². The Morgan fingerprint density at radius 3 is 2.68 bits per heavy atom. The second kappa shape index (κ2) is 8.88. The van der Waals surface area contributed by atoms with Gasteiger partial charge in [-0.05, 0) is 54.0 Å². The highest BCUT2D eigenvalue weighted by Gasteiger charge is 2.35. The quantitative estimate of drug-likeness (QED) is 0.556. The molecule has 1 aliphatic rings. The van der Waals surface area contributed by atoms with Crippen molar-refractivity contribution >= 4 is 17.1 Å². The van der Waals surface area contributed by atoms with Crippen molar-refractivity contribution in [2.75, 3.05) is 0 Å². The summed E-state index contributed by atoms with van der Waals surface area (Å²) in [6.07, 6.45) is 3.45. The van der Waals surface area contributed by atoms with Gasteiger partial charge in [0.15, 0.2) is 5.78 Å². The number of nitrogens with zero attached hydrogens (tertiary/aromatic N) is 2. The van der Waals surface area contributed by atoms with Crippen molar-refractivity contribution in [3.8, 4) is 10.6 Å². The maximum atomic E-state index is 14.1. The summed E-state index contributed by atoms with van der Waals surface area (Å²) in [5.74, 6) is -1.85. The van der Waals surface area contributed by atoms with Gasteiger partial charge >= 0.3 is 0 Å². The van der Waals surface area contributed by atoms with Crippen molar-refractivity contribution in [3.05, 3.63) is 70.5 Å². The summed E-state index contributed by atoms with van der Waals surface area (Å²) >= 11 is 1.02. The van der Waals surface area contributed by atoms with Crippen LogP contribution in [0.3, 0.4) is 0 Å². The number of pyridine rings is 1. The summed E-state index contributed by atoms with van der Waals surface area (Å²) in [5, 5.41) is 1.62. The monoisotopic (exact) mass is 445 g/mol. The molecule has 1 saturated carbocycles. The Hall–Kier alpha value is -2.58. The molecular formula is C23H22F3N3OS. The summed E-state index contributed by atoms with van der Waals surface area (Å²) in [4.78, 5) is 21.2. The number of benzene rings is 1. The van der Waals surface area contributed by atoms with E-state index >= 15 is 0 Å². The molecule has 0 radical (unpaired) electrons. The minimum atomic E-state index is -1.03. The van der Waals surface area contributed by atoms with E-state index in [4.69, 9.17) is 5.73 Å². The van der Waals surface area contributed by atoms with Crippen molar-refractivity contribution in [1.29, 1.82) is 0 Å². The molecule has 1 aliphatic carbocycles. The first kappa shape index (κ1) is 21.6. The molecule has 4 nitrogen and oxygen atoms in total. The molecule has 31 heavy (non-hydrogen) atoms. The van der Waals surface area contributed by atoms with E-state index in [1.165, 1.54) is 11.4 Å². The molecule has 0 bridgehead atoms. The first-order valence-corrected chi connectivity index (χ1v) is 11.0. The number of ketones is 1. The SMILES string of the molecule is C[C@@H]1CC(c2ccncc2CC(=O)c2csc(-c3c(F)cccc3F)n2)C[C@H](N)[C@@H]1F. The van der Waals surface area contributed by atoms with Crippen LogP contribution in [-0.4, -0.2) is 28.0 Å². The number of aromatic nitrogens is 2. The fourth-order valence-electron chi connectivity index (χ4n) is 4.28. The van der Waals surface area contributed by atoms with Gasteiger partial charge in [0.1, 0.15) is 28.5 Å². The molecule has 3 aromatic rings. The van der Waals surface area contributed by atoms with Gasteiger partial charge in [0, 0.05) is 30.2 Å². The molecule has 1 aromatic carbocycles. The normalized spacial score (nSPS) is 23.6. The number of carbonyl (C=O) groups excluding carboxylic acids is 1. The van der Waals surface area contributed by atoms with Crippen LogP contribution in [0, 0.1) is 17.6 Å². The van der Waals surface area contributed by atoms with Crippen LogP contribution >= 0.6 is 11.3 Å². The summed E-state index contributed by atoms with van der Waals surface area (Å²) in [7, 11) is 0. The predicted molar refractivity (Wildman–Crippen MR) is 114 cm³/mol. The number of carbonyl (C=O) groups is 1. The maximum absolute atomic E-state index is 14.1. The summed E-state index contributed by atoms with van der Waals surface area (Å²) < 4.78 is 42.2. The number of nitrogens with two attached hydrogens (primary N) is 1. The van der Waals surface area contributed by atoms with Crippen LogP contribution < -0.4 is 5.73 Å². The summed E-state index contributed by atoms with van der Waals surface area (Å²) in [6.45, 7) is 1.85. The topological polar surface area (TPSA) is 68.9 Å². The summed E-state index contributed by atoms with van der Waals surface area (Å²) in [6, 6.07) is 4.90. The Balaban J connectivity index is 1.56. The Morgan fingerprint density at radius 2 is 1.97 bits per heavy atom. The lowest BCUT2D eigenvalue weighted by Crippen LogP contribution is -2.42. The lowest BCUT2D eigenvalue weighted by atomic mass is 9.74. The minimum Gasteiger partial charge on any atom is -0.325 e. The van der Waals surface area contributed by atoms with E-state index < -0.39 is 23.8 Å². The van der Waals surface area contributed by atoms with E-state index in [0.717, 1.165) is 34.6 Å². The number of rotatable bonds is 5. The van der Waals surface area contributed by atoms with Gasteiger partial charge in [0.2, 0.25) is 0 Å². The molecule has 0 amide bonds. The van der Waals surface area contributed by atoms with Gasteiger partial charge < -0.3 is 5.73 Å². The van der Waals surface area contributed by atoms with E-state index in [1.54, 1.807) is 12.4 Å². The molecule has 2 aromatic heterocycles. The van der Waals surface area contributed by atoms with Crippen LogP contribution in [0.5, 0.6) is 0 Å². The Kier molecular flexibility index (Phi) is 6.20. The van der Waals surface area contributed by atoms with Gasteiger partial charge in [-0.3, -0.25) is 9.78 Å². The molecule has 0 spiro atoms. The molecule has 1 unspecified atom stereocenters. The van der Waals surface area contributed by atoms with Crippen LogP contribution in [0.25, 0.3) is 10.6 Å². The zero-order valence-corrected chi connectivity index (χ0v) is 17.7. The molecule has 4 rings (SSSR count). The average molecular weight is 446 g/mol. The number of halogens is 3. The molecule has 0 saturated heterocycles. The number of Topliss-reactive ketones (excluding diaryl/α,β-unsaturated/α-hetero) is 1. The molecule has 162 valence electrons.